The maximum Gasteiger partial charge on any atom is 0.156 e. The molecule has 21 heavy (non-hydrogen) atoms. The minimum absolute atomic E-state index is 0. The maximum absolute atomic E-state index is 12.3. The van der Waals surface area contributed by atoms with E-state index in [1.807, 2.05) is 19.1 Å². The van der Waals surface area contributed by atoms with E-state index in [0.29, 0.717) is 6.42 Å². The number of Topliss-reactive ketones (excluding diaryl/α,β-unsaturated/α-hetero) is 1. The summed E-state index contributed by atoms with van der Waals surface area (Å²) in [4.78, 5) is 16.9. The predicted octanol–water partition coefficient (Wildman–Crippen LogP) is 3.93. The number of ketones is 1. The number of aromatic nitrogens is 1. The summed E-state index contributed by atoms with van der Waals surface area (Å²) in [6, 6.07) is 3.89. The zero-order valence-corrected chi connectivity index (χ0v) is 14.2. The number of hydrogen-bond donors (Lipinski definition) is 1. The fourth-order valence-corrected chi connectivity index (χ4v) is 3.81. The summed E-state index contributed by atoms with van der Waals surface area (Å²) >= 11 is 7.71. The van der Waals surface area contributed by atoms with Crippen molar-refractivity contribution < 1.29 is 4.79 Å². The molecule has 3 nitrogen and oxygen atoms in total. The van der Waals surface area contributed by atoms with Crippen LogP contribution in [0.25, 0.3) is 10.2 Å². The van der Waals surface area contributed by atoms with E-state index in [1.165, 1.54) is 6.42 Å². The van der Waals surface area contributed by atoms with E-state index in [-0.39, 0.29) is 24.2 Å². The van der Waals surface area contributed by atoms with Gasteiger partial charge in [0, 0.05) is 5.02 Å². The lowest BCUT2D eigenvalue weighted by Crippen LogP contribution is -2.41. The molecule has 1 aliphatic rings. The van der Waals surface area contributed by atoms with Crippen molar-refractivity contribution in [3.8, 4) is 0 Å². The summed E-state index contributed by atoms with van der Waals surface area (Å²) in [6.07, 6.45) is 3.68. The standard InChI is InChI=1S/C15H17ClN2OS.ClH/c1-9-10(16)5-6-13-15(9)18-14(20-13)8-12(19)11-4-2-3-7-17-11;/h5-6,11,17H,2-4,7-8H2,1H3;1H/t11-;/m0./s1. The lowest BCUT2D eigenvalue weighted by molar-refractivity contribution is -0.120. The van der Waals surface area contributed by atoms with Crippen LogP contribution in [0.4, 0.5) is 0 Å². The van der Waals surface area contributed by atoms with E-state index in [4.69, 9.17) is 11.6 Å². The third-order valence-corrected chi connectivity index (χ3v) is 5.25. The molecule has 1 aromatic carbocycles. The number of nitrogens with one attached hydrogen (secondary N) is 1. The lowest BCUT2D eigenvalue weighted by atomic mass is 10.00. The first-order chi connectivity index (χ1) is 9.65. The third kappa shape index (κ3) is 3.57. The number of thiazole rings is 1. The molecule has 1 aromatic heterocycles. The van der Waals surface area contributed by atoms with Crippen molar-refractivity contribution in [2.75, 3.05) is 6.54 Å². The number of carbonyl (C=O) groups excluding carboxylic acids is 1. The van der Waals surface area contributed by atoms with Gasteiger partial charge in [-0.15, -0.1) is 23.7 Å². The second-order valence-electron chi connectivity index (χ2n) is 5.27. The smallest absolute Gasteiger partial charge is 0.156 e. The number of aryl methyl sites for hydroxylation is 1. The molecule has 1 aliphatic heterocycles. The Balaban J connectivity index is 0.00000161. The topological polar surface area (TPSA) is 42.0 Å². The Morgan fingerprint density at radius 1 is 1.48 bits per heavy atom. The van der Waals surface area contributed by atoms with Gasteiger partial charge in [-0.05, 0) is 44.0 Å². The zero-order valence-electron chi connectivity index (χ0n) is 11.8. The first kappa shape index (κ1) is 16.7. The highest BCUT2D eigenvalue weighted by Crippen LogP contribution is 2.29. The van der Waals surface area contributed by atoms with E-state index in [0.717, 1.165) is 45.2 Å². The van der Waals surface area contributed by atoms with Crippen LogP contribution in [-0.4, -0.2) is 23.4 Å². The largest absolute Gasteiger partial charge is 0.307 e. The third-order valence-electron chi connectivity index (χ3n) is 3.82. The van der Waals surface area contributed by atoms with Crippen molar-refractivity contribution >= 4 is 51.3 Å². The predicted molar refractivity (Wildman–Crippen MR) is 91.0 cm³/mol. The van der Waals surface area contributed by atoms with Gasteiger partial charge in [0.05, 0.1) is 22.7 Å². The van der Waals surface area contributed by atoms with Crippen molar-refractivity contribution in [2.24, 2.45) is 0 Å². The Morgan fingerprint density at radius 2 is 2.29 bits per heavy atom. The SMILES string of the molecule is Cc1c(Cl)ccc2sc(CC(=O)[C@@H]3CCCCN3)nc12.Cl. The molecule has 0 aliphatic carbocycles. The van der Waals surface area contributed by atoms with Crippen LogP contribution in [0.2, 0.25) is 5.02 Å². The average Bonchev–Trinajstić information content (AvgIpc) is 2.87. The number of benzene rings is 1. The monoisotopic (exact) mass is 344 g/mol. The quantitative estimate of drug-likeness (QED) is 0.916. The molecule has 1 saturated heterocycles. The summed E-state index contributed by atoms with van der Waals surface area (Å²) < 4.78 is 1.10. The molecule has 114 valence electrons. The van der Waals surface area contributed by atoms with Crippen LogP contribution in [0, 0.1) is 6.92 Å². The van der Waals surface area contributed by atoms with E-state index < -0.39 is 0 Å². The Hall–Kier alpha value is -0.680. The minimum Gasteiger partial charge on any atom is -0.307 e. The molecular formula is C15H18Cl2N2OS. The normalized spacial score (nSPS) is 18.5. The summed E-state index contributed by atoms with van der Waals surface area (Å²) in [5.74, 6) is 0.257. The van der Waals surface area contributed by atoms with Crippen LogP contribution in [0.15, 0.2) is 12.1 Å². The molecule has 0 bridgehead atoms. The van der Waals surface area contributed by atoms with Crippen LogP contribution in [0.5, 0.6) is 0 Å². The Labute approximate surface area is 139 Å². The van der Waals surface area contributed by atoms with Crippen LogP contribution in [0.1, 0.15) is 29.8 Å². The van der Waals surface area contributed by atoms with Gasteiger partial charge >= 0.3 is 0 Å². The van der Waals surface area contributed by atoms with E-state index >= 15 is 0 Å². The highest BCUT2D eigenvalue weighted by atomic mass is 35.5. The summed E-state index contributed by atoms with van der Waals surface area (Å²) in [5.41, 5.74) is 1.93. The first-order valence-corrected chi connectivity index (χ1v) is 8.15. The van der Waals surface area contributed by atoms with Crippen molar-refractivity contribution in [2.45, 2.75) is 38.6 Å². The molecule has 3 rings (SSSR count). The number of nitrogens with zero attached hydrogens (tertiary/aromatic N) is 1. The second kappa shape index (κ2) is 7.05. The van der Waals surface area contributed by atoms with Gasteiger partial charge in [0.1, 0.15) is 5.01 Å². The molecule has 0 saturated carbocycles. The van der Waals surface area contributed by atoms with Gasteiger partial charge in [0.2, 0.25) is 0 Å². The van der Waals surface area contributed by atoms with Gasteiger partial charge in [0.15, 0.2) is 5.78 Å². The Kier molecular flexibility index (Phi) is 5.60. The molecule has 6 heteroatoms. The van der Waals surface area contributed by atoms with Crippen LogP contribution in [-0.2, 0) is 11.2 Å². The number of hydrogen-bond acceptors (Lipinski definition) is 4. The highest BCUT2D eigenvalue weighted by Gasteiger charge is 2.22. The maximum atomic E-state index is 12.3. The molecule has 0 spiro atoms. The minimum atomic E-state index is 0. The van der Waals surface area contributed by atoms with Crippen LogP contribution < -0.4 is 5.32 Å². The number of carbonyl (C=O) groups is 1. The molecule has 0 unspecified atom stereocenters. The van der Waals surface area contributed by atoms with E-state index in [2.05, 4.69) is 10.3 Å². The number of halogens is 2. The van der Waals surface area contributed by atoms with Crippen molar-refractivity contribution in [1.29, 1.82) is 0 Å². The van der Waals surface area contributed by atoms with Gasteiger partial charge in [-0.1, -0.05) is 18.0 Å². The van der Waals surface area contributed by atoms with Gasteiger partial charge in [-0.2, -0.15) is 0 Å². The lowest BCUT2D eigenvalue weighted by Gasteiger charge is -2.21. The van der Waals surface area contributed by atoms with Crippen molar-refractivity contribution in [1.82, 2.24) is 10.3 Å². The van der Waals surface area contributed by atoms with E-state index in [9.17, 15) is 4.79 Å². The number of fused-ring (bicyclic) bond motifs is 1. The summed E-state index contributed by atoms with van der Waals surface area (Å²) in [7, 11) is 0. The Morgan fingerprint density at radius 3 is 3.00 bits per heavy atom. The molecule has 0 amide bonds. The molecule has 1 N–H and O–H groups in total. The fourth-order valence-electron chi connectivity index (χ4n) is 2.62. The Bertz CT molecular complexity index is 650. The summed E-state index contributed by atoms with van der Waals surface area (Å²) in [6.45, 7) is 2.92. The highest BCUT2D eigenvalue weighted by molar-refractivity contribution is 7.18. The molecule has 2 aromatic rings. The molecule has 1 fully saturated rings. The molecule has 2 heterocycles. The van der Waals surface area contributed by atoms with Gasteiger partial charge in [-0.25, -0.2) is 4.98 Å². The van der Waals surface area contributed by atoms with Gasteiger partial charge in [0.25, 0.3) is 0 Å². The van der Waals surface area contributed by atoms with Crippen molar-refractivity contribution in [3.05, 3.63) is 27.7 Å². The zero-order chi connectivity index (χ0) is 14.1. The molecule has 0 radical (unpaired) electrons. The fraction of sp³-hybridized carbons (Fsp3) is 0.467. The van der Waals surface area contributed by atoms with Crippen molar-refractivity contribution in [3.63, 3.8) is 0 Å². The number of piperidine rings is 1. The molecular weight excluding hydrogens is 327 g/mol. The second-order valence-corrected chi connectivity index (χ2v) is 6.79. The van der Waals surface area contributed by atoms with Gasteiger partial charge in [-0.3, -0.25) is 4.79 Å². The first-order valence-electron chi connectivity index (χ1n) is 6.96. The van der Waals surface area contributed by atoms with E-state index in [1.54, 1.807) is 11.3 Å². The average molecular weight is 345 g/mol. The molecule has 1 atom stereocenters. The van der Waals surface area contributed by atoms with Gasteiger partial charge < -0.3 is 5.32 Å². The van der Waals surface area contributed by atoms with Crippen LogP contribution >= 0.6 is 35.3 Å². The summed E-state index contributed by atoms with van der Waals surface area (Å²) in [5, 5.41) is 4.92. The van der Waals surface area contributed by atoms with Crippen LogP contribution in [0.3, 0.4) is 0 Å². The number of rotatable bonds is 3.